The Kier molecular flexibility index (Phi) is 4.60. The SMILES string of the molecule is CCCc1nc(N)cc(Oc2cc(C)c(Br)c(C)c2)n1. The third-order valence-corrected chi connectivity index (χ3v) is 4.13. The zero-order valence-corrected chi connectivity index (χ0v) is 13.5. The first-order chi connectivity index (χ1) is 9.49. The molecule has 2 rings (SSSR count). The van der Waals surface area contributed by atoms with Crippen molar-refractivity contribution < 1.29 is 4.74 Å². The molecule has 0 bridgehead atoms. The van der Waals surface area contributed by atoms with Gasteiger partial charge in [0.15, 0.2) is 0 Å². The molecule has 0 aliphatic heterocycles. The van der Waals surface area contributed by atoms with Crippen LogP contribution in [0.25, 0.3) is 0 Å². The van der Waals surface area contributed by atoms with Gasteiger partial charge in [0.25, 0.3) is 0 Å². The van der Waals surface area contributed by atoms with E-state index in [0.717, 1.165) is 34.2 Å². The summed E-state index contributed by atoms with van der Waals surface area (Å²) in [6.45, 7) is 6.14. The summed E-state index contributed by atoms with van der Waals surface area (Å²) in [6, 6.07) is 5.58. The lowest BCUT2D eigenvalue weighted by molar-refractivity contribution is 0.458. The monoisotopic (exact) mass is 335 g/mol. The van der Waals surface area contributed by atoms with E-state index in [1.165, 1.54) is 0 Å². The highest BCUT2D eigenvalue weighted by atomic mass is 79.9. The minimum absolute atomic E-state index is 0.434. The van der Waals surface area contributed by atoms with Gasteiger partial charge in [-0.1, -0.05) is 22.9 Å². The summed E-state index contributed by atoms with van der Waals surface area (Å²) in [4.78, 5) is 8.57. The van der Waals surface area contributed by atoms with Crippen molar-refractivity contribution in [1.29, 1.82) is 0 Å². The lowest BCUT2D eigenvalue weighted by atomic mass is 10.1. The molecule has 0 spiro atoms. The molecule has 2 N–H and O–H groups in total. The number of nitrogens with two attached hydrogens (primary N) is 1. The van der Waals surface area contributed by atoms with Crippen molar-refractivity contribution in [2.45, 2.75) is 33.6 Å². The molecule has 4 nitrogen and oxygen atoms in total. The highest BCUT2D eigenvalue weighted by Crippen LogP contribution is 2.29. The van der Waals surface area contributed by atoms with Gasteiger partial charge in [-0.15, -0.1) is 0 Å². The van der Waals surface area contributed by atoms with Crippen molar-refractivity contribution >= 4 is 21.7 Å². The fraction of sp³-hybridized carbons (Fsp3) is 0.333. The number of benzene rings is 1. The smallest absolute Gasteiger partial charge is 0.224 e. The summed E-state index contributed by atoms with van der Waals surface area (Å²) in [5, 5.41) is 0. The van der Waals surface area contributed by atoms with Crippen molar-refractivity contribution in [3.05, 3.63) is 39.6 Å². The molecular formula is C15H18BrN3O. The fourth-order valence-electron chi connectivity index (χ4n) is 1.97. The molecule has 0 atom stereocenters. The number of anilines is 1. The van der Waals surface area contributed by atoms with Crippen molar-refractivity contribution in [3.8, 4) is 11.6 Å². The van der Waals surface area contributed by atoms with Crippen LogP contribution in [0.2, 0.25) is 0 Å². The summed E-state index contributed by atoms with van der Waals surface area (Å²) >= 11 is 3.54. The van der Waals surface area contributed by atoms with Gasteiger partial charge in [-0.25, -0.2) is 4.98 Å². The summed E-state index contributed by atoms with van der Waals surface area (Å²) < 4.78 is 6.91. The standard InChI is InChI=1S/C15H18BrN3O/c1-4-5-13-18-12(17)8-14(19-13)20-11-6-9(2)15(16)10(3)7-11/h6-8H,4-5H2,1-3H3,(H2,17,18,19). The maximum atomic E-state index is 5.81. The van der Waals surface area contributed by atoms with Gasteiger partial charge in [0.2, 0.25) is 5.88 Å². The average molecular weight is 336 g/mol. The number of aromatic nitrogens is 2. The number of hydrogen-bond acceptors (Lipinski definition) is 4. The van der Waals surface area contributed by atoms with Crippen LogP contribution in [0, 0.1) is 13.8 Å². The second kappa shape index (κ2) is 6.22. The topological polar surface area (TPSA) is 61.0 Å². The molecule has 0 amide bonds. The maximum absolute atomic E-state index is 5.81. The summed E-state index contributed by atoms with van der Waals surface area (Å²) in [5.41, 5.74) is 8.03. The Labute approximate surface area is 127 Å². The third kappa shape index (κ3) is 3.48. The number of hydrogen-bond donors (Lipinski definition) is 1. The van der Waals surface area contributed by atoms with Crippen molar-refractivity contribution in [2.24, 2.45) is 0 Å². The molecule has 5 heteroatoms. The second-order valence-corrected chi connectivity index (χ2v) is 5.56. The molecule has 1 heterocycles. The van der Waals surface area contributed by atoms with E-state index in [-0.39, 0.29) is 0 Å². The highest BCUT2D eigenvalue weighted by molar-refractivity contribution is 9.10. The molecule has 0 fully saturated rings. The highest BCUT2D eigenvalue weighted by Gasteiger charge is 2.07. The number of rotatable bonds is 4. The van der Waals surface area contributed by atoms with Gasteiger partial charge >= 0.3 is 0 Å². The van der Waals surface area contributed by atoms with Crippen LogP contribution in [0.3, 0.4) is 0 Å². The zero-order chi connectivity index (χ0) is 14.7. The molecule has 106 valence electrons. The lowest BCUT2D eigenvalue weighted by Crippen LogP contribution is -2.01. The van der Waals surface area contributed by atoms with Crippen LogP contribution in [-0.2, 0) is 6.42 Å². The van der Waals surface area contributed by atoms with E-state index in [1.54, 1.807) is 6.07 Å². The Morgan fingerprint density at radius 1 is 1.15 bits per heavy atom. The second-order valence-electron chi connectivity index (χ2n) is 4.77. The number of halogens is 1. The van der Waals surface area contributed by atoms with Gasteiger partial charge in [0.1, 0.15) is 17.4 Å². The van der Waals surface area contributed by atoms with Crippen LogP contribution < -0.4 is 10.5 Å². The fourth-order valence-corrected chi connectivity index (χ4v) is 2.19. The first-order valence-electron chi connectivity index (χ1n) is 6.57. The first kappa shape index (κ1) is 14.8. The molecule has 0 saturated heterocycles. The van der Waals surface area contributed by atoms with E-state index in [1.807, 2.05) is 26.0 Å². The van der Waals surface area contributed by atoms with E-state index < -0.39 is 0 Å². The van der Waals surface area contributed by atoms with Gasteiger partial charge < -0.3 is 10.5 Å². The minimum Gasteiger partial charge on any atom is -0.439 e. The molecule has 0 aliphatic carbocycles. The van der Waals surface area contributed by atoms with Gasteiger partial charge in [0, 0.05) is 17.0 Å². The Bertz CT molecular complexity index is 606. The van der Waals surface area contributed by atoms with Crippen LogP contribution in [-0.4, -0.2) is 9.97 Å². The number of nitrogen functional groups attached to an aromatic ring is 1. The molecule has 0 radical (unpaired) electrons. The molecule has 1 aromatic carbocycles. The van der Waals surface area contributed by atoms with Gasteiger partial charge in [-0.3, -0.25) is 0 Å². The Balaban J connectivity index is 2.30. The first-order valence-corrected chi connectivity index (χ1v) is 7.37. The molecule has 2 aromatic rings. The molecule has 0 saturated carbocycles. The summed E-state index contributed by atoms with van der Waals surface area (Å²) in [7, 11) is 0. The molecule has 0 aliphatic rings. The Morgan fingerprint density at radius 3 is 2.40 bits per heavy atom. The van der Waals surface area contributed by atoms with Crippen LogP contribution in [0.5, 0.6) is 11.6 Å². The van der Waals surface area contributed by atoms with Crippen molar-refractivity contribution in [2.75, 3.05) is 5.73 Å². The molecule has 1 aromatic heterocycles. The zero-order valence-electron chi connectivity index (χ0n) is 11.9. The van der Waals surface area contributed by atoms with Crippen LogP contribution in [0.4, 0.5) is 5.82 Å². The third-order valence-electron chi connectivity index (χ3n) is 2.87. The lowest BCUT2D eigenvalue weighted by Gasteiger charge is -2.10. The largest absolute Gasteiger partial charge is 0.439 e. The minimum atomic E-state index is 0.434. The Morgan fingerprint density at radius 2 is 1.80 bits per heavy atom. The molecule has 0 unspecified atom stereocenters. The van der Waals surface area contributed by atoms with Crippen molar-refractivity contribution in [1.82, 2.24) is 9.97 Å². The molecule has 20 heavy (non-hydrogen) atoms. The predicted octanol–water partition coefficient (Wildman–Crippen LogP) is 4.18. The summed E-state index contributed by atoms with van der Waals surface area (Å²) in [6.07, 6.45) is 1.76. The van der Waals surface area contributed by atoms with E-state index in [2.05, 4.69) is 32.8 Å². The number of ether oxygens (including phenoxy) is 1. The van der Waals surface area contributed by atoms with Crippen molar-refractivity contribution in [3.63, 3.8) is 0 Å². The van der Waals surface area contributed by atoms with Crippen LogP contribution >= 0.6 is 15.9 Å². The van der Waals surface area contributed by atoms with Gasteiger partial charge in [-0.2, -0.15) is 4.98 Å². The predicted molar refractivity (Wildman–Crippen MR) is 84.1 cm³/mol. The number of nitrogens with zero attached hydrogens (tertiary/aromatic N) is 2. The number of aryl methyl sites for hydroxylation is 3. The van der Waals surface area contributed by atoms with Crippen LogP contribution in [0.15, 0.2) is 22.7 Å². The quantitative estimate of drug-likeness (QED) is 0.910. The van der Waals surface area contributed by atoms with Crippen LogP contribution in [0.1, 0.15) is 30.3 Å². The Hall–Kier alpha value is -1.62. The average Bonchev–Trinajstić information content (AvgIpc) is 2.35. The summed E-state index contributed by atoms with van der Waals surface area (Å²) in [5.74, 6) is 2.39. The van der Waals surface area contributed by atoms with E-state index >= 15 is 0 Å². The maximum Gasteiger partial charge on any atom is 0.224 e. The van der Waals surface area contributed by atoms with Gasteiger partial charge in [0.05, 0.1) is 0 Å². The molecular weight excluding hydrogens is 318 g/mol. The van der Waals surface area contributed by atoms with E-state index in [9.17, 15) is 0 Å². The normalized spacial score (nSPS) is 10.6. The van der Waals surface area contributed by atoms with Gasteiger partial charge in [-0.05, 0) is 43.5 Å². The van der Waals surface area contributed by atoms with E-state index in [4.69, 9.17) is 10.5 Å². The van der Waals surface area contributed by atoms with E-state index in [0.29, 0.717) is 17.5 Å².